The minimum atomic E-state index is -0.0953. The molecular weight excluding hydrogens is 310 g/mol. The Morgan fingerprint density at radius 3 is 2.72 bits per heavy atom. The van der Waals surface area contributed by atoms with E-state index in [9.17, 15) is 4.79 Å². The van der Waals surface area contributed by atoms with Crippen molar-refractivity contribution in [3.8, 4) is 0 Å². The van der Waals surface area contributed by atoms with Crippen LogP contribution in [0.1, 0.15) is 54.1 Å². The van der Waals surface area contributed by atoms with Gasteiger partial charge in [0.1, 0.15) is 5.82 Å². The molecule has 0 aliphatic carbocycles. The fourth-order valence-corrected chi connectivity index (χ4v) is 3.44. The lowest BCUT2D eigenvalue weighted by atomic mass is 10.00. The van der Waals surface area contributed by atoms with Crippen molar-refractivity contribution in [2.24, 2.45) is 0 Å². The number of nitrogens with one attached hydrogen (secondary N) is 1. The fraction of sp³-hybridized carbons (Fsp3) is 0.429. The van der Waals surface area contributed by atoms with Crippen molar-refractivity contribution in [3.63, 3.8) is 0 Å². The standard InChI is InChI=1S/C21H27N3O/c1-4-19-7-5-6-12-24(19)20-11-10-18(14-22-20)23-21(25)17-9-8-15(2)16(3)13-17/h8-11,13-14,19H,4-7,12H2,1-3H3,(H,23,25). The largest absolute Gasteiger partial charge is 0.354 e. The van der Waals surface area contributed by atoms with Crippen LogP contribution in [0.25, 0.3) is 0 Å². The summed E-state index contributed by atoms with van der Waals surface area (Å²) in [6.45, 7) is 7.37. The molecule has 1 saturated heterocycles. The van der Waals surface area contributed by atoms with E-state index in [1.165, 1.54) is 24.8 Å². The van der Waals surface area contributed by atoms with Crippen molar-refractivity contribution < 1.29 is 4.79 Å². The Hall–Kier alpha value is -2.36. The van der Waals surface area contributed by atoms with Crippen molar-refractivity contribution in [3.05, 3.63) is 53.2 Å². The molecule has 0 saturated carbocycles. The maximum absolute atomic E-state index is 12.4. The van der Waals surface area contributed by atoms with Gasteiger partial charge >= 0.3 is 0 Å². The SMILES string of the molecule is CCC1CCCCN1c1ccc(NC(=O)c2ccc(C)c(C)c2)cn1. The number of hydrogen-bond acceptors (Lipinski definition) is 3. The molecule has 1 N–H and O–H groups in total. The third kappa shape index (κ3) is 4.01. The van der Waals surface area contributed by atoms with Gasteiger partial charge in [-0.1, -0.05) is 13.0 Å². The molecule has 1 aromatic carbocycles. The first-order valence-electron chi connectivity index (χ1n) is 9.19. The van der Waals surface area contributed by atoms with Crippen molar-refractivity contribution in [1.29, 1.82) is 0 Å². The van der Waals surface area contributed by atoms with Crippen molar-refractivity contribution in [2.45, 2.75) is 52.5 Å². The molecule has 4 heteroatoms. The summed E-state index contributed by atoms with van der Waals surface area (Å²) in [7, 11) is 0. The first-order valence-corrected chi connectivity index (χ1v) is 9.19. The maximum atomic E-state index is 12.4. The van der Waals surface area contributed by atoms with Gasteiger partial charge in [-0.3, -0.25) is 4.79 Å². The van der Waals surface area contributed by atoms with E-state index in [4.69, 9.17) is 0 Å². The zero-order valence-electron chi connectivity index (χ0n) is 15.4. The number of nitrogens with zero attached hydrogens (tertiary/aromatic N) is 2. The number of carbonyl (C=O) groups is 1. The lowest BCUT2D eigenvalue weighted by Gasteiger charge is -2.36. The predicted molar refractivity (Wildman–Crippen MR) is 103 cm³/mol. The Morgan fingerprint density at radius 2 is 2.04 bits per heavy atom. The topological polar surface area (TPSA) is 45.2 Å². The van der Waals surface area contributed by atoms with Crippen LogP contribution in [0.5, 0.6) is 0 Å². The average Bonchev–Trinajstić information content (AvgIpc) is 2.64. The number of hydrogen-bond donors (Lipinski definition) is 1. The molecule has 1 amide bonds. The Balaban J connectivity index is 1.69. The predicted octanol–water partition coefficient (Wildman–Crippen LogP) is 4.72. The molecule has 1 aliphatic heterocycles. The number of rotatable bonds is 4. The first kappa shape index (κ1) is 17.5. The number of amides is 1. The molecule has 2 aromatic rings. The third-order valence-corrected chi connectivity index (χ3v) is 5.17. The zero-order chi connectivity index (χ0) is 17.8. The van der Waals surface area contributed by atoms with Crippen molar-refractivity contribution >= 4 is 17.4 Å². The van der Waals surface area contributed by atoms with Gasteiger partial charge in [-0.15, -0.1) is 0 Å². The number of aromatic nitrogens is 1. The molecule has 1 aliphatic rings. The first-order chi connectivity index (χ1) is 12.1. The summed E-state index contributed by atoms with van der Waals surface area (Å²) in [5, 5.41) is 2.94. The molecule has 2 heterocycles. The number of carbonyl (C=O) groups excluding carboxylic acids is 1. The van der Waals surface area contributed by atoms with Gasteiger partial charge in [0.25, 0.3) is 5.91 Å². The highest BCUT2D eigenvalue weighted by Crippen LogP contribution is 2.25. The number of piperidine rings is 1. The number of pyridine rings is 1. The van der Waals surface area contributed by atoms with Crippen LogP contribution in [0.15, 0.2) is 36.5 Å². The van der Waals surface area contributed by atoms with Crippen LogP contribution >= 0.6 is 0 Å². The molecule has 1 aromatic heterocycles. The quantitative estimate of drug-likeness (QED) is 0.878. The van der Waals surface area contributed by atoms with Crippen LogP contribution in [-0.4, -0.2) is 23.5 Å². The average molecular weight is 337 g/mol. The van der Waals surface area contributed by atoms with Gasteiger partial charge in [0.2, 0.25) is 0 Å². The second-order valence-electron chi connectivity index (χ2n) is 6.91. The van der Waals surface area contributed by atoms with Crippen molar-refractivity contribution in [1.82, 2.24) is 4.98 Å². The smallest absolute Gasteiger partial charge is 0.255 e. The number of anilines is 2. The van der Waals surface area contributed by atoms with Gasteiger partial charge in [-0.25, -0.2) is 4.98 Å². The van der Waals surface area contributed by atoms with E-state index >= 15 is 0 Å². The highest BCUT2D eigenvalue weighted by molar-refractivity contribution is 6.04. The molecule has 4 nitrogen and oxygen atoms in total. The van der Waals surface area contributed by atoms with E-state index in [1.807, 2.05) is 44.2 Å². The number of aryl methyl sites for hydroxylation is 2. The Morgan fingerprint density at radius 1 is 1.20 bits per heavy atom. The molecule has 0 spiro atoms. The Bertz CT molecular complexity index is 739. The molecule has 25 heavy (non-hydrogen) atoms. The second kappa shape index (κ2) is 7.68. The van der Waals surface area contributed by atoms with Gasteiger partial charge in [-0.2, -0.15) is 0 Å². The second-order valence-corrected chi connectivity index (χ2v) is 6.91. The van der Waals surface area contributed by atoms with E-state index in [1.54, 1.807) is 6.20 Å². The van der Waals surface area contributed by atoms with E-state index in [-0.39, 0.29) is 5.91 Å². The third-order valence-electron chi connectivity index (χ3n) is 5.17. The van der Waals surface area contributed by atoms with E-state index in [0.717, 1.165) is 30.0 Å². The molecule has 132 valence electrons. The van der Waals surface area contributed by atoms with E-state index < -0.39 is 0 Å². The van der Waals surface area contributed by atoms with Gasteiger partial charge in [0.05, 0.1) is 11.9 Å². The highest BCUT2D eigenvalue weighted by Gasteiger charge is 2.21. The summed E-state index contributed by atoms with van der Waals surface area (Å²) in [6.07, 6.45) is 6.68. The summed E-state index contributed by atoms with van der Waals surface area (Å²) < 4.78 is 0. The molecule has 3 rings (SSSR count). The van der Waals surface area contributed by atoms with Gasteiger partial charge in [0.15, 0.2) is 0 Å². The summed E-state index contributed by atoms with van der Waals surface area (Å²) in [5.74, 6) is 0.915. The molecular formula is C21H27N3O. The van der Waals surface area contributed by atoms with Crippen molar-refractivity contribution in [2.75, 3.05) is 16.8 Å². The van der Waals surface area contributed by atoms with Gasteiger partial charge in [0, 0.05) is 18.2 Å². The summed E-state index contributed by atoms with van der Waals surface area (Å²) in [4.78, 5) is 19.4. The summed E-state index contributed by atoms with van der Waals surface area (Å²) in [5.41, 5.74) is 3.72. The van der Waals surface area contributed by atoms with Crippen LogP contribution in [0.3, 0.4) is 0 Å². The molecule has 0 bridgehead atoms. The van der Waals surface area contributed by atoms with Gasteiger partial charge in [-0.05, 0) is 74.9 Å². The number of benzene rings is 1. The van der Waals surface area contributed by atoms with Crippen LogP contribution in [0.2, 0.25) is 0 Å². The summed E-state index contributed by atoms with van der Waals surface area (Å²) >= 11 is 0. The van der Waals surface area contributed by atoms with Crippen LogP contribution < -0.4 is 10.2 Å². The Kier molecular flexibility index (Phi) is 5.37. The normalized spacial score (nSPS) is 17.4. The zero-order valence-corrected chi connectivity index (χ0v) is 15.4. The lowest BCUT2D eigenvalue weighted by molar-refractivity contribution is 0.102. The fourth-order valence-electron chi connectivity index (χ4n) is 3.44. The minimum absolute atomic E-state index is 0.0953. The lowest BCUT2D eigenvalue weighted by Crippen LogP contribution is -2.39. The molecule has 1 unspecified atom stereocenters. The molecule has 0 radical (unpaired) electrons. The summed E-state index contributed by atoms with van der Waals surface area (Å²) in [6, 6.07) is 10.3. The molecule has 1 atom stereocenters. The van der Waals surface area contributed by atoms with Gasteiger partial charge < -0.3 is 10.2 Å². The Labute approximate surface area is 150 Å². The monoisotopic (exact) mass is 337 g/mol. The van der Waals surface area contributed by atoms with E-state index in [2.05, 4.69) is 22.1 Å². The molecule has 1 fully saturated rings. The van der Waals surface area contributed by atoms with E-state index in [0.29, 0.717) is 11.6 Å². The van der Waals surface area contributed by atoms with Crippen LogP contribution in [-0.2, 0) is 0 Å². The maximum Gasteiger partial charge on any atom is 0.255 e. The van der Waals surface area contributed by atoms with Crippen LogP contribution in [0, 0.1) is 13.8 Å². The highest BCUT2D eigenvalue weighted by atomic mass is 16.1. The van der Waals surface area contributed by atoms with Crippen LogP contribution in [0.4, 0.5) is 11.5 Å². The minimum Gasteiger partial charge on any atom is -0.354 e.